The summed E-state index contributed by atoms with van der Waals surface area (Å²) in [5.41, 5.74) is 0.964. The molecule has 1 saturated carbocycles. The fourth-order valence-electron chi connectivity index (χ4n) is 2.34. The van der Waals surface area contributed by atoms with Crippen LogP contribution in [0, 0.1) is 5.92 Å². The van der Waals surface area contributed by atoms with Crippen LogP contribution in [0.4, 0.5) is 0 Å². The van der Waals surface area contributed by atoms with Gasteiger partial charge in [-0.25, -0.2) is 0 Å². The Bertz CT molecular complexity index is 370. The number of nitrogens with zero attached hydrogens (tertiary/aromatic N) is 1. The van der Waals surface area contributed by atoms with Crippen molar-refractivity contribution in [1.82, 2.24) is 4.98 Å². The van der Waals surface area contributed by atoms with E-state index in [4.69, 9.17) is 7.85 Å². The summed E-state index contributed by atoms with van der Waals surface area (Å²) in [6.45, 7) is 0. The molecule has 0 aromatic carbocycles. The van der Waals surface area contributed by atoms with Crippen LogP contribution in [0.1, 0.15) is 49.0 Å². The molecule has 0 spiro atoms. The standard InChI is InChI=1S/C13H16BNO/c14-12-9-5-8-11(15-12)13(16)10-6-3-1-2-4-7-10/h5,8-10H,1-4,6-7H2. The van der Waals surface area contributed by atoms with Gasteiger partial charge < -0.3 is 0 Å². The lowest BCUT2D eigenvalue weighted by molar-refractivity contribution is 0.0903. The first-order chi connectivity index (χ1) is 7.77. The number of ketones is 1. The Morgan fingerprint density at radius 2 is 1.88 bits per heavy atom. The topological polar surface area (TPSA) is 30.0 Å². The number of pyridine rings is 1. The van der Waals surface area contributed by atoms with Crippen LogP contribution in [-0.4, -0.2) is 18.6 Å². The van der Waals surface area contributed by atoms with Gasteiger partial charge in [0.15, 0.2) is 5.78 Å². The molecule has 0 aliphatic heterocycles. The summed E-state index contributed by atoms with van der Waals surface area (Å²) < 4.78 is 0. The molecule has 1 aromatic rings. The smallest absolute Gasteiger partial charge is 0.184 e. The zero-order valence-corrected chi connectivity index (χ0v) is 9.48. The molecular weight excluding hydrogens is 197 g/mol. The van der Waals surface area contributed by atoms with E-state index in [0.717, 1.165) is 12.8 Å². The van der Waals surface area contributed by atoms with Crippen molar-refractivity contribution in [2.24, 2.45) is 5.92 Å². The van der Waals surface area contributed by atoms with E-state index in [2.05, 4.69) is 4.98 Å². The normalized spacial score (nSPS) is 18.0. The second kappa shape index (κ2) is 5.28. The largest absolute Gasteiger partial charge is 0.292 e. The third-order valence-electron chi connectivity index (χ3n) is 3.25. The average molecular weight is 213 g/mol. The molecule has 82 valence electrons. The quantitative estimate of drug-likeness (QED) is 0.427. The highest BCUT2D eigenvalue weighted by Crippen LogP contribution is 2.25. The third-order valence-corrected chi connectivity index (χ3v) is 3.25. The van der Waals surface area contributed by atoms with Crippen molar-refractivity contribution in [3.05, 3.63) is 23.9 Å². The van der Waals surface area contributed by atoms with Gasteiger partial charge in [-0.2, -0.15) is 0 Å². The molecule has 3 heteroatoms. The molecule has 1 heterocycles. The minimum Gasteiger partial charge on any atom is -0.292 e. The monoisotopic (exact) mass is 213 g/mol. The summed E-state index contributed by atoms with van der Waals surface area (Å²) in [6.07, 6.45) is 6.87. The summed E-state index contributed by atoms with van der Waals surface area (Å²) >= 11 is 0. The Kier molecular flexibility index (Phi) is 3.76. The van der Waals surface area contributed by atoms with Gasteiger partial charge in [-0.3, -0.25) is 9.78 Å². The number of rotatable bonds is 2. The maximum atomic E-state index is 12.2. The number of aromatic nitrogens is 1. The van der Waals surface area contributed by atoms with Crippen molar-refractivity contribution < 1.29 is 4.79 Å². The molecule has 0 unspecified atom stereocenters. The van der Waals surface area contributed by atoms with Gasteiger partial charge in [0.1, 0.15) is 13.5 Å². The molecule has 0 bridgehead atoms. The molecule has 2 radical (unpaired) electrons. The molecule has 1 aliphatic rings. The molecular formula is C13H16BNO. The molecule has 1 aromatic heterocycles. The van der Waals surface area contributed by atoms with E-state index in [1.54, 1.807) is 18.2 Å². The van der Waals surface area contributed by atoms with Crippen LogP contribution in [0.2, 0.25) is 0 Å². The Morgan fingerprint density at radius 3 is 2.50 bits per heavy atom. The lowest BCUT2D eigenvalue weighted by Crippen LogP contribution is -2.19. The average Bonchev–Trinajstić information content (AvgIpc) is 2.56. The highest BCUT2D eigenvalue weighted by Gasteiger charge is 2.22. The molecule has 2 rings (SSSR count). The maximum absolute atomic E-state index is 12.2. The summed E-state index contributed by atoms with van der Waals surface area (Å²) in [5.74, 6) is 0.339. The molecule has 0 saturated heterocycles. The molecule has 1 aliphatic carbocycles. The van der Waals surface area contributed by atoms with Crippen LogP contribution in [0.3, 0.4) is 0 Å². The number of hydrogen-bond acceptors (Lipinski definition) is 2. The lowest BCUT2D eigenvalue weighted by Gasteiger charge is -2.12. The molecule has 0 N–H and O–H groups in total. The molecule has 0 atom stereocenters. The first-order valence-corrected chi connectivity index (χ1v) is 6.04. The fourth-order valence-corrected chi connectivity index (χ4v) is 2.34. The maximum Gasteiger partial charge on any atom is 0.184 e. The van der Waals surface area contributed by atoms with Gasteiger partial charge in [0.05, 0.1) is 0 Å². The second-order valence-corrected chi connectivity index (χ2v) is 4.50. The Morgan fingerprint density at radius 1 is 1.19 bits per heavy atom. The SMILES string of the molecule is [B]c1cccc(C(=O)C2CCCCCC2)n1. The number of hydrogen-bond donors (Lipinski definition) is 0. The van der Waals surface area contributed by atoms with Crippen molar-refractivity contribution >= 4 is 19.2 Å². The van der Waals surface area contributed by atoms with E-state index in [-0.39, 0.29) is 11.7 Å². The first kappa shape index (κ1) is 11.4. The van der Waals surface area contributed by atoms with Crippen molar-refractivity contribution in [3.8, 4) is 0 Å². The fraction of sp³-hybridized carbons (Fsp3) is 0.538. The molecule has 0 amide bonds. The van der Waals surface area contributed by atoms with Crippen LogP contribution < -0.4 is 5.59 Å². The minimum atomic E-state index is 0.164. The predicted molar refractivity (Wildman–Crippen MR) is 65.1 cm³/mol. The summed E-state index contributed by atoms with van der Waals surface area (Å²) in [7, 11) is 5.59. The zero-order valence-electron chi connectivity index (χ0n) is 9.48. The zero-order chi connectivity index (χ0) is 11.4. The number of carbonyl (C=O) groups excluding carboxylic acids is 1. The van der Waals surface area contributed by atoms with E-state index >= 15 is 0 Å². The van der Waals surface area contributed by atoms with Gasteiger partial charge in [-0.05, 0) is 24.5 Å². The van der Waals surface area contributed by atoms with Gasteiger partial charge in [-0.1, -0.05) is 37.8 Å². The number of Topliss-reactive ketones (excluding diaryl/α,β-unsaturated/α-hetero) is 1. The van der Waals surface area contributed by atoms with Crippen molar-refractivity contribution in [2.45, 2.75) is 38.5 Å². The van der Waals surface area contributed by atoms with Crippen LogP contribution in [0.25, 0.3) is 0 Å². The van der Waals surface area contributed by atoms with Gasteiger partial charge >= 0.3 is 0 Å². The van der Waals surface area contributed by atoms with Gasteiger partial charge in [0.2, 0.25) is 0 Å². The van der Waals surface area contributed by atoms with Gasteiger partial charge in [0.25, 0.3) is 0 Å². The van der Waals surface area contributed by atoms with Crippen LogP contribution in [0.5, 0.6) is 0 Å². The van der Waals surface area contributed by atoms with Crippen LogP contribution in [-0.2, 0) is 0 Å². The molecule has 1 fully saturated rings. The Hall–Kier alpha value is -1.12. The highest BCUT2D eigenvalue weighted by molar-refractivity contribution is 6.30. The predicted octanol–water partition coefficient (Wildman–Crippen LogP) is 2.03. The van der Waals surface area contributed by atoms with E-state index in [9.17, 15) is 4.79 Å². The van der Waals surface area contributed by atoms with Crippen molar-refractivity contribution in [3.63, 3.8) is 0 Å². The van der Waals surface area contributed by atoms with Crippen molar-refractivity contribution in [2.75, 3.05) is 0 Å². The highest BCUT2D eigenvalue weighted by atomic mass is 16.1. The summed E-state index contributed by atoms with van der Waals surface area (Å²) in [6, 6.07) is 5.28. The Balaban J connectivity index is 2.11. The van der Waals surface area contributed by atoms with E-state index in [1.165, 1.54) is 25.7 Å². The van der Waals surface area contributed by atoms with Crippen LogP contribution in [0.15, 0.2) is 18.2 Å². The molecule has 16 heavy (non-hydrogen) atoms. The summed E-state index contributed by atoms with van der Waals surface area (Å²) in [5, 5.41) is 0. The lowest BCUT2D eigenvalue weighted by atomic mass is 9.92. The first-order valence-electron chi connectivity index (χ1n) is 6.04. The Labute approximate surface area is 97.9 Å². The van der Waals surface area contributed by atoms with Gasteiger partial charge in [-0.15, -0.1) is 0 Å². The molecule has 2 nitrogen and oxygen atoms in total. The van der Waals surface area contributed by atoms with Crippen LogP contribution >= 0.6 is 0 Å². The van der Waals surface area contributed by atoms with E-state index in [1.807, 2.05) is 0 Å². The minimum absolute atomic E-state index is 0.164. The van der Waals surface area contributed by atoms with Crippen molar-refractivity contribution in [1.29, 1.82) is 0 Å². The van der Waals surface area contributed by atoms with Gasteiger partial charge in [0, 0.05) is 5.92 Å². The van der Waals surface area contributed by atoms with E-state index < -0.39 is 0 Å². The number of carbonyl (C=O) groups is 1. The second-order valence-electron chi connectivity index (χ2n) is 4.50. The summed E-state index contributed by atoms with van der Waals surface area (Å²) in [4.78, 5) is 16.3. The van der Waals surface area contributed by atoms with E-state index in [0.29, 0.717) is 11.3 Å². The third kappa shape index (κ3) is 2.72.